The maximum absolute atomic E-state index is 12.6. The van der Waals surface area contributed by atoms with Gasteiger partial charge in [-0.1, -0.05) is 66.7 Å². The summed E-state index contributed by atoms with van der Waals surface area (Å²) in [5.74, 6) is -3.04. The number of amides is 2. The van der Waals surface area contributed by atoms with Gasteiger partial charge in [0.05, 0.1) is 5.41 Å². The van der Waals surface area contributed by atoms with Gasteiger partial charge in [-0.15, -0.1) is 0 Å². The van der Waals surface area contributed by atoms with E-state index in [2.05, 4.69) is 31.4 Å². The predicted molar refractivity (Wildman–Crippen MR) is 126 cm³/mol. The first-order chi connectivity index (χ1) is 14.7. The number of aliphatic carboxylic acids is 2. The Hall–Kier alpha value is -2.12. The van der Waals surface area contributed by atoms with Crippen molar-refractivity contribution in [1.29, 1.82) is 0 Å². The summed E-state index contributed by atoms with van der Waals surface area (Å²) in [6, 6.07) is -1.20. The van der Waals surface area contributed by atoms with E-state index in [0.717, 1.165) is 25.7 Å². The minimum absolute atomic E-state index is 0.00669. The molecule has 2 amide bonds. The van der Waals surface area contributed by atoms with Crippen LogP contribution < -0.4 is 10.6 Å². The van der Waals surface area contributed by atoms with E-state index in [1.54, 1.807) is 13.8 Å². The molecule has 0 aliphatic rings. The van der Waals surface area contributed by atoms with Crippen LogP contribution in [0.5, 0.6) is 0 Å². The Kier molecular flexibility index (Phi) is 16.5. The number of unbranched alkanes of at least 4 members (excludes halogenated alkanes) is 4. The van der Waals surface area contributed by atoms with Crippen molar-refractivity contribution in [3.8, 4) is 0 Å². The van der Waals surface area contributed by atoms with Crippen LogP contribution in [0.1, 0.15) is 106 Å². The van der Waals surface area contributed by atoms with E-state index in [0.29, 0.717) is 6.54 Å². The first kappa shape index (κ1) is 32.1. The van der Waals surface area contributed by atoms with Crippen LogP contribution >= 0.6 is 0 Å². The fourth-order valence-electron chi connectivity index (χ4n) is 3.19. The predicted octanol–water partition coefficient (Wildman–Crippen LogP) is 4.37. The van der Waals surface area contributed by atoms with Crippen molar-refractivity contribution in [3.63, 3.8) is 0 Å². The Balaban J connectivity index is 0. The van der Waals surface area contributed by atoms with Gasteiger partial charge in [0.25, 0.3) is 0 Å². The van der Waals surface area contributed by atoms with E-state index in [1.165, 1.54) is 26.7 Å². The lowest BCUT2D eigenvalue weighted by atomic mass is 9.74. The van der Waals surface area contributed by atoms with Crippen molar-refractivity contribution in [2.24, 2.45) is 10.8 Å². The Morgan fingerprint density at radius 1 is 0.844 bits per heavy atom. The molecule has 32 heavy (non-hydrogen) atoms. The standard InChI is InChI=1S/C21H38N2O6.C3H8/c1-6-7-8-9-10-13-22-16(24)12-11-15(17(25)26)23-18(27)20(2,3)14-21(4,5)19(28)29;1-3-2/h15H,6-14H2,1-5H3,(H,22,24)(H,23,27)(H,25,26)(H,28,29);3H2,1-2H3. The van der Waals surface area contributed by atoms with E-state index in [-0.39, 0.29) is 25.2 Å². The largest absolute Gasteiger partial charge is 0.481 e. The fourth-order valence-corrected chi connectivity index (χ4v) is 3.19. The lowest BCUT2D eigenvalue weighted by Crippen LogP contribution is -2.48. The number of carboxylic acid groups (broad SMARTS) is 2. The number of nitrogens with one attached hydrogen (secondary N) is 2. The van der Waals surface area contributed by atoms with Crippen molar-refractivity contribution in [2.45, 2.75) is 112 Å². The maximum atomic E-state index is 12.6. The number of carbonyl (C=O) groups excluding carboxylic acids is 2. The molecule has 0 fully saturated rings. The lowest BCUT2D eigenvalue weighted by Gasteiger charge is -2.32. The van der Waals surface area contributed by atoms with Crippen molar-refractivity contribution in [2.75, 3.05) is 6.54 Å². The highest BCUT2D eigenvalue weighted by atomic mass is 16.4. The average Bonchev–Trinajstić information content (AvgIpc) is 2.67. The van der Waals surface area contributed by atoms with Gasteiger partial charge in [-0.3, -0.25) is 14.4 Å². The minimum Gasteiger partial charge on any atom is -0.481 e. The van der Waals surface area contributed by atoms with Crippen LogP contribution in [0.15, 0.2) is 0 Å². The molecule has 0 spiro atoms. The van der Waals surface area contributed by atoms with E-state index in [1.807, 2.05) is 0 Å². The van der Waals surface area contributed by atoms with Crippen molar-refractivity contribution < 1.29 is 29.4 Å². The summed E-state index contributed by atoms with van der Waals surface area (Å²) in [6.07, 6.45) is 6.66. The molecule has 0 bridgehead atoms. The second-order valence-corrected chi connectivity index (χ2v) is 9.62. The van der Waals surface area contributed by atoms with Crippen LogP contribution in [-0.2, 0) is 19.2 Å². The van der Waals surface area contributed by atoms with Crippen molar-refractivity contribution in [3.05, 3.63) is 0 Å². The smallest absolute Gasteiger partial charge is 0.326 e. The van der Waals surface area contributed by atoms with E-state index < -0.39 is 34.7 Å². The third kappa shape index (κ3) is 14.8. The summed E-state index contributed by atoms with van der Waals surface area (Å²) < 4.78 is 0. The van der Waals surface area contributed by atoms with Gasteiger partial charge in [-0.05, 0) is 33.1 Å². The molecule has 188 valence electrons. The zero-order chi connectivity index (χ0) is 25.4. The molecule has 0 heterocycles. The van der Waals surface area contributed by atoms with Gasteiger partial charge in [0.15, 0.2) is 0 Å². The highest BCUT2D eigenvalue weighted by Gasteiger charge is 2.40. The number of carbonyl (C=O) groups is 4. The topological polar surface area (TPSA) is 133 Å². The summed E-state index contributed by atoms with van der Waals surface area (Å²) in [7, 11) is 0. The molecule has 0 rings (SSSR count). The molecule has 8 nitrogen and oxygen atoms in total. The molecular formula is C24H46N2O6. The second-order valence-electron chi connectivity index (χ2n) is 9.62. The minimum atomic E-state index is -1.22. The van der Waals surface area contributed by atoms with Crippen molar-refractivity contribution >= 4 is 23.8 Å². The number of rotatable bonds is 15. The molecule has 0 saturated carbocycles. The molecule has 0 aromatic heterocycles. The summed E-state index contributed by atoms with van der Waals surface area (Å²) in [5, 5.41) is 23.9. The van der Waals surface area contributed by atoms with Crippen LogP contribution in [0, 0.1) is 10.8 Å². The fraction of sp³-hybridized carbons (Fsp3) is 0.833. The van der Waals surface area contributed by atoms with Gasteiger partial charge in [-0.2, -0.15) is 0 Å². The summed E-state index contributed by atoms with van der Waals surface area (Å²) in [4.78, 5) is 47.3. The van der Waals surface area contributed by atoms with Gasteiger partial charge in [0.1, 0.15) is 6.04 Å². The normalized spacial score (nSPS) is 12.2. The zero-order valence-corrected chi connectivity index (χ0v) is 21.2. The molecule has 8 heteroatoms. The van der Waals surface area contributed by atoms with Crippen LogP contribution in [-0.4, -0.2) is 46.6 Å². The molecule has 0 aliphatic heterocycles. The monoisotopic (exact) mass is 458 g/mol. The van der Waals surface area contributed by atoms with Crippen LogP contribution in [0.25, 0.3) is 0 Å². The van der Waals surface area contributed by atoms with E-state index >= 15 is 0 Å². The zero-order valence-electron chi connectivity index (χ0n) is 21.2. The molecule has 1 atom stereocenters. The van der Waals surface area contributed by atoms with Gasteiger partial charge in [0, 0.05) is 18.4 Å². The molecule has 0 aliphatic carbocycles. The van der Waals surface area contributed by atoms with E-state index in [4.69, 9.17) is 0 Å². The summed E-state index contributed by atoms with van der Waals surface area (Å²) in [5.41, 5.74) is -2.20. The molecule has 4 N–H and O–H groups in total. The van der Waals surface area contributed by atoms with Gasteiger partial charge in [0.2, 0.25) is 11.8 Å². The maximum Gasteiger partial charge on any atom is 0.326 e. The number of hydrogen-bond acceptors (Lipinski definition) is 4. The van der Waals surface area contributed by atoms with Gasteiger partial charge >= 0.3 is 11.9 Å². The molecule has 0 aromatic rings. The number of hydrogen-bond donors (Lipinski definition) is 4. The average molecular weight is 459 g/mol. The molecule has 0 aromatic carbocycles. The highest BCUT2D eigenvalue weighted by Crippen LogP contribution is 2.34. The van der Waals surface area contributed by atoms with Gasteiger partial charge in [-0.25, -0.2) is 4.79 Å². The Morgan fingerprint density at radius 3 is 1.84 bits per heavy atom. The Labute approximate surface area is 193 Å². The van der Waals surface area contributed by atoms with Crippen molar-refractivity contribution in [1.82, 2.24) is 10.6 Å². The highest BCUT2D eigenvalue weighted by molar-refractivity contribution is 5.88. The van der Waals surface area contributed by atoms with Crippen LogP contribution in [0.2, 0.25) is 0 Å². The molecule has 1 unspecified atom stereocenters. The summed E-state index contributed by atoms with van der Waals surface area (Å²) in [6.45, 7) is 13.1. The third-order valence-corrected chi connectivity index (χ3v) is 4.94. The Morgan fingerprint density at radius 2 is 1.38 bits per heavy atom. The first-order valence-corrected chi connectivity index (χ1v) is 11.8. The van der Waals surface area contributed by atoms with E-state index in [9.17, 15) is 29.4 Å². The lowest BCUT2D eigenvalue weighted by molar-refractivity contribution is -0.151. The molecule has 0 saturated heterocycles. The third-order valence-electron chi connectivity index (χ3n) is 4.94. The molecular weight excluding hydrogens is 412 g/mol. The first-order valence-electron chi connectivity index (χ1n) is 11.8. The van der Waals surface area contributed by atoms with Crippen LogP contribution in [0.4, 0.5) is 0 Å². The SMILES string of the molecule is CCC.CCCCCCCNC(=O)CCC(NC(=O)C(C)(C)CC(C)(C)C(=O)O)C(=O)O. The van der Waals surface area contributed by atoms with Crippen LogP contribution in [0.3, 0.4) is 0 Å². The van der Waals surface area contributed by atoms with Gasteiger partial charge < -0.3 is 20.8 Å². The number of carboxylic acids is 2. The summed E-state index contributed by atoms with van der Waals surface area (Å²) >= 11 is 0. The second kappa shape index (κ2) is 16.5. The molecule has 0 radical (unpaired) electrons. The Bertz CT molecular complexity index is 587. The quantitative estimate of drug-likeness (QED) is 0.269.